The second-order valence-electron chi connectivity index (χ2n) is 10.6. The van der Waals surface area contributed by atoms with Crippen LogP contribution in [0.3, 0.4) is 0 Å². The van der Waals surface area contributed by atoms with Gasteiger partial charge in [-0.2, -0.15) is 10.4 Å². The second kappa shape index (κ2) is 10.5. The van der Waals surface area contributed by atoms with E-state index in [1.807, 2.05) is 0 Å². The maximum atomic E-state index is 13.6. The number of carbonyl (C=O) groups excluding carboxylic acids is 2. The SMILES string of the molecule is Cn1nc(C(=O)NCc2ccc(C#N)cc2)c2c1C(=O)N(CC1(S(=O)(=O)C(C)(C)COCCN)CC1)CC2. The number of fused-ring (bicyclic) bond motifs is 1. The Kier molecular flexibility index (Phi) is 7.65. The van der Waals surface area contributed by atoms with E-state index in [9.17, 15) is 18.0 Å². The van der Waals surface area contributed by atoms with Gasteiger partial charge in [-0.1, -0.05) is 12.1 Å². The second-order valence-corrected chi connectivity index (χ2v) is 13.5. The molecule has 1 aliphatic heterocycles. The Morgan fingerprint density at radius 2 is 1.97 bits per heavy atom. The monoisotopic (exact) mass is 542 g/mol. The summed E-state index contributed by atoms with van der Waals surface area (Å²) in [6.07, 6.45) is 1.37. The van der Waals surface area contributed by atoms with Crippen LogP contribution >= 0.6 is 0 Å². The van der Waals surface area contributed by atoms with Crippen LogP contribution in [0.2, 0.25) is 0 Å². The average molecular weight is 543 g/mol. The van der Waals surface area contributed by atoms with Gasteiger partial charge in [-0.3, -0.25) is 14.3 Å². The molecule has 2 amide bonds. The van der Waals surface area contributed by atoms with Gasteiger partial charge in [0, 0.05) is 38.8 Å². The maximum absolute atomic E-state index is 13.6. The van der Waals surface area contributed by atoms with Crippen LogP contribution < -0.4 is 11.1 Å². The molecule has 0 saturated heterocycles. The van der Waals surface area contributed by atoms with Crippen LogP contribution in [0, 0.1) is 11.3 Å². The molecule has 11 nitrogen and oxygen atoms in total. The maximum Gasteiger partial charge on any atom is 0.272 e. The van der Waals surface area contributed by atoms with Crippen LogP contribution in [0.25, 0.3) is 0 Å². The molecular weight excluding hydrogens is 508 g/mol. The van der Waals surface area contributed by atoms with Gasteiger partial charge >= 0.3 is 0 Å². The van der Waals surface area contributed by atoms with Crippen LogP contribution in [-0.2, 0) is 34.6 Å². The number of amides is 2. The number of nitrogens with two attached hydrogens (primary N) is 1. The molecule has 12 heteroatoms. The molecule has 1 aromatic carbocycles. The summed E-state index contributed by atoms with van der Waals surface area (Å²) in [5.74, 6) is -0.723. The van der Waals surface area contributed by atoms with E-state index in [0.717, 1.165) is 5.56 Å². The number of aryl methyl sites for hydroxylation is 1. The van der Waals surface area contributed by atoms with E-state index in [1.165, 1.54) is 4.68 Å². The Bertz CT molecular complexity index is 1370. The summed E-state index contributed by atoms with van der Waals surface area (Å²) in [6, 6.07) is 8.94. The highest BCUT2D eigenvalue weighted by atomic mass is 32.2. The van der Waals surface area contributed by atoms with Gasteiger partial charge in [0.15, 0.2) is 15.5 Å². The third-order valence-corrected chi connectivity index (χ3v) is 10.6. The number of ether oxygens (including phenoxy) is 1. The summed E-state index contributed by atoms with van der Waals surface area (Å²) < 4.78 is 32.0. The first-order valence-corrected chi connectivity index (χ1v) is 14.1. The Morgan fingerprint density at radius 1 is 1.29 bits per heavy atom. The predicted molar refractivity (Wildman–Crippen MR) is 140 cm³/mol. The number of benzene rings is 1. The van der Waals surface area contributed by atoms with Crippen molar-refractivity contribution in [2.75, 3.05) is 32.8 Å². The number of rotatable bonds is 11. The van der Waals surface area contributed by atoms with Gasteiger partial charge in [0.1, 0.15) is 5.69 Å². The number of nitrogens with one attached hydrogen (secondary N) is 1. The fourth-order valence-electron chi connectivity index (χ4n) is 4.93. The summed E-state index contributed by atoms with van der Waals surface area (Å²) in [4.78, 5) is 28.0. The minimum atomic E-state index is -3.63. The molecule has 0 bridgehead atoms. The van der Waals surface area contributed by atoms with E-state index >= 15 is 0 Å². The van der Waals surface area contributed by atoms with Gasteiger partial charge in [0.05, 0.1) is 34.3 Å². The lowest BCUT2D eigenvalue weighted by Crippen LogP contribution is -2.52. The van der Waals surface area contributed by atoms with E-state index < -0.39 is 25.2 Å². The van der Waals surface area contributed by atoms with Gasteiger partial charge in [-0.15, -0.1) is 0 Å². The minimum Gasteiger partial charge on any atom is -0.379 e. The van der Waals surface area contributed by atoms with Gasteiger partial charge in [0.2, 0.25) is 0 Å². The van der Waals surface area contributed by atoms with Gasteiger partial charge in [0.25, 0.3) is 11.8 Å². The molecular formula is C26H34N6O5S. The van der Waals surface area contributed by atoms with E-state index in [1.54, 1.807) is 50.1 Å². The first-order chi connectivity index (χ1) is 18.0. The average Bonchev–Trinajstić information content (AvgIpc) is 3.60. The molecule has 38 heavy (non-hydrogen) atoms. The van der Waals surface area contributed by atoms with Gasteiger partial charge in [-0.05, 0) is 50.8 Å². The highest BCUT2D eigenvalue weighted by Crippen LogP contribution is 2.49. The zero-order valence-corrected chi connectivity index (χ0v) is 22.8. The summed E-state index contributed by atoms with van der Waals surface area (Å²) >= 11 is 0. The topological polar surface area (TPSA) is 160 Å². The first kappa shape index (κ1) is 27.8. The van der Waals surface area contributed by atoms with Crippen LogP contribution in [0.15, 0.2) is 24.3 Å². The van der Waals surface area contributed by atoms with E-state index in [4.69, 9.17) is 15.7 Å². The minimum absolute atomic E-state index is 0.0368. The van der Waals surface area contributed by atoms with Crippen molar-refractivity contribution in [3.63, 3.8) is 0 Å². The molecule has 0 unspecified atom stereocenters. The standard InChI is InChI=1S/C26H34N6O5S/c1-25(2,17-37-13-11-27)38(35,36)26(9-10-26)16-32-12-8-20-21(30-31(3)22(20)24(32)34)23(33)29-15-19-6-4-18(14-28)5-7-19/h4-7H,8-13,15-17,27H2,1-3H3,(H,29,33). The third kappa shape index (κ3) is 5.06. The smallest absolute Gasteiger partial charge is 0.272 e. The fraction of sp³-hybridized carbons (Fsp3) is 0.538. The lowest BCUT2D eigenvalue weighted by molar-refractivity contribution is 0.0723. The molecule has 0 radical (unpaired) electrons. The van der Waals surface area contributed by atoms with E-state index in [2.05, 4.69) is 16.5 Å². The number of aromatic nitrogens is 2. The number of sulfone groups is 1. The molecule has 3 N–H and O–H groups in total. The predicted octanol–water partition coefficient (Wildman–Crippen LogP) is 0.921. The van der Waals surface area contributed by atoms with E-state index in [-0.39, 0.29) is 37.9 Å². The number of carbonyl (C=O) groups is 2. The zero-order valence-electron chi connectivity index (χ0n) is 22.0. The number of nitrogens with zero attached hydrogens (tertiary/aromatic N) is 4. The summed E-state index contributed by atoms with van der Waals surface area (Å²) in [5, 5.41) is 16.1. The largest absolute Gasteiger partial charge is 0.379 e. The van der Waals surface area contributed by atoms with Gasteiger partial charge in [-0.25, -0.2) is 8.42 Å². The van der Waals surface area contributed by atoms with E-state index in [0.29, 0.717) is 49.2 Å². The molecule has 0 atom stereocenters. The fourth-order valence-corrected chi connectivity index (χ4v) is 7.31. The lowest BCUT2D eigenvalue weighted by Gasteiger charge is -2.35. The Morgan fingerprint density at radius 3 is 2.58 bits per heavy atom. The molecule has 1 aromatic heterocycles. The summed E-state index contributed by atoms with van der Waals surface area (Å²) in [6.45, 7) is 4.58. The Labute approximate surface area is 222 Å². The number of hydrogen-bond donors (Lipinski definition) is 2. The van der Waals surface area contributed by atoms with Crippen LogP contribution in [0.5, 0.6) is 0 Å². The zero-order chi connectivity index (χ0) is 27.7. The molecule has 2 heterocycles. The van der Waals surface area contributed by atoms with Gasteiger partial charge < -0.3 is 20.7 Å². The summed E-state index contributed by atoms with van der Waals surface area (Å²) in [5.41, 5.74) is 7.89. The molecule has 204 valence electrons. The molecule has 1 aliphatic carbocycles. The van der Waals surface area contributed by atoms with Crippen LogP contribution in [0.4, 0.5) is 0 Å². The molecule has 2 aliphatic rings. The van der Waals surface area contributed by atoms with Crippen molar-refractivity contribution in [2.45, 2.75) is 49.1 Å². The number of nitriles is 1. The molecule has 2 aromatic rings. The van der Waals surface area contributed by atoms with Crippen molar-refractivity contribution < 1.29 is 22.7 Å². The van der Waals surface area contributed by atoms with Crippen molar-refractivity contribution in [1.82, 2.24) is 20.0 Å². The van der Waals surface area contributed by atoms with Crippen LogP contribution in [-0.4, -0.2) is 77.3 Å². The lowest BCUT2D eigenvalue weighted by atomic mass is 10.0. The van der Waals surface area contributed by atoms with Crippen molar-refractivity contribution >= 4 is 21.7 Å². The van der Waals surface area contributed by atoms with Crippen molar-refractivity contribution in [3.05, 3.63) is 52.3 Å². The molecule has 1 fully saturated rings. The van der Waals surface area contributed by atoms with Crippen molar-refractivity contribution in [1.29, 1.82) is 5.26 Å². The Balaban J connectivity index is 1.47. The van der Waals surface area contributed by atoms with Crippen molar-refractivity contribution in [3.8, 4) is 6.07 Å². The normalized spacial score (nSPS) is 16.6. The molecule has 1 saturated carbocycles. The molecule has 4 rings (SSSR count). The highest BCUT2D eigenvalue weighted by Gasteiger charge is 2.61. The number of hydrogen-bond acceptors (Lipinski definition) is 8. The first-order valence-electron chi connectivity index (χ1n) is 12.6. The third-order valence-electron chi connectivity index (χ3n) is 7.31. The summed E-state index contributed by atoms with van der Waals surface area (Å²) in [7, 11) is -2.02. The Hall–Kier alpha value is -3.27. The van der Waals surface area contributed by atoms with Crippen LogP contribution in [0.1, 0.15) is 64.4 Å². The highest BCUT2D eigenvalue weighted by molar-refractivity contribution is 7.94. The molecule has 0 spiro atoms. The van der Waals surface area contributed by atoms with Crippen molar-refractivity contribution in [2.24, 2.45) is 12.8 Å². The quantitative estimate of drug-likeness (QED) is 0.396.